The Kier molecular flexibility index (Phi) is 4.71. The van der Waals surface area contributed by atoms with Crippen molar-refractivity contribution in [1.82, 2.24) is 15.1 Å². The Morgan fingerprint density at radius 2 is 2.26 bits per heavy atom. The van der Waals surface area contributed by atoms with Crippen molar-refractivity contribution in [2.24, 2.45) is 7.05 Å². The van der Waals surface area contributed by atoms with Gasteiger partial charge in [0.25, 0.3) is 0 Å². The molecule has 1 aromatic heterocycles. The van der Waals surface area contributed by atoms with Crippen molar-refractivity contribution in [2.75, 3.05) is 6.54 Å². The molecule has 0 aliphatic carbocycles. The van der Waals surface area contributed by atoms with Gasteiger partial charge in [-0.15, -0.1) is 0 Å². The maximum atomic E-state index is 13.6. The average Bonchev–Trinajstić information content (AvgIpc) is 2.78. The largest absolute Gasteiger partial charge is 0.310 e. The summed E-state index contributed by atoms with van der Waals surface area (Å²) in [6, 6.07) is 5.21. The van der Waals surface area contributed by atoms with E-state index in [4.69, 9.17) is 0 Å². The highest BCUT2D eigenvalue weighted by Gasteiger charge is 2.16. The van der Waals surface area contributed by atoms with Gasteiger partial charge in [-0.3, -0.25) is 4.68 Å². The highest BCUT2D eigenvalue weighted by molar-refractivity contribution is 9.10. The average molecular weight is 326 g/mol. The van der Waals surface area contributed by atoms with Gasteiger partial charge in [0.1, 0.15) is 5.82 Å². The van der Waals surface area contributed by atoms with Gasteiger partial charge in [-0.25, -0.2) is 4.39 Å². The monoisotopic (exact) mass is 325 g/mol. The van der Waals surface area contributed by atoms with E-state index in [1.807, 2.05) is 32.4 Å². The van der Waals surface area contributed by atoms with Crippen LogP contribution >= 0.6 is 15.9 Å². The number of aromatic nitrogens is 2. The van der Waals surface area contributed by atoms with Crippen LogP contribution in [0, 0.1) is 5.82 Å². The Bertz CT molecular complexity index is 553. The molecule has 0 amide bonds. The zero-order chi connectivity index (χ0) is 13.8. The van der Waals surface area contributed by atoms with E-state index < -0.39 is 0 Å². The normalized spacial score (nSPS) is 12.6. The Morgan fingerprint density at radius 3 is 2.89 bits per heavy atom. The summed E-state index contributed by atoms with van der Waals surface area (Å²) in [5.74, 6) is -0.230. The van der Waals surface area contributed by atoms with Gasteiger partial charge in [0.2, 0.25) is 0 Å². The van der Waals surface area contributed by atoms with Crippen molar-refractivity contribution in [3.63, 3.8) is 0 Å². The van der Waals surface area contributed by atoms with E-state index in [1.165, 1.54) is 6.07 Å². The number of halogens is 2. The molecule has 0 aliphatic rings. The zero-order valence-electron chi connectivity index (χ0n) is 11.0. The number of likely N-dealkylation sites (N-methyl/N-ethyl adjacent to an activating group) is 1. The maximum Gasteiger partial charge on any atom is 0.137 e. The Labute approximate surface area is 121 Å². The molecule has 0 aliphatic heterocycles. The molecule has 0 radical (unpaired) electrons. The maximum absolute atomic E-state index is 13.6. The Hall–Kier alpha value is -1.20. The second kappa shape index (κ2) is 6.30. The highest BCUT2D eigenvalue weighted by Crippen LogP contribution is 2.28. The number of rotatable bonds is 5. The molecule has 0 saturated heterocycles. The Morgan fingerprint density at radius 1 is 1.47 bits per heavy atom. The Balaban J connectivity index is 2.26. The van der Waals surface area contributed by atoms with Crippen LogP contribution < -0.4 is 5.32 Å². The standard InChI is InChI=1S/C14H17BrFN3/c1-3-17-13(7-10-8-18-19(2)9-10)11-5-4-6-12(16)14(11)15/h4-6,8-9,13,17H,3,7H2,1-2H3. The highest BCUT2D eigenvalue weighted by atomic mass is 79.9. The molecule has 1 atom stereocenters. The molecule has 5 heteroatoms. The molecule has 1 aromatic carbocycles. The third-order valence-corrected chi connectivity index (χ3v) is 3.84. The second-order valence-corrected chi connectivity index (χ2v) is 5.27. The van der Waals surface area contributed by atoms with Gasteiger partial charge in [0.15, 0.2) is 0 Å². The van der Waals surface area contributed by atoms with Gasteiger partial charge < -0.3 is 5.32 Å². The molecule has 19 heavy (non-hydrogen) atoms. The molecule has 3 nitrogen and oxygen atoms in total. The van der Waals surface area contributed by atoms with Crippen molar-refractivity contribution in [2.45, 2.75) is 19.4 Å². The molecule has 0 bridgehead atoms. The van der Waals surface area contributed by atoms with E-state index in [1.54, 1.807) is 10.7 Å². The minimum absolute atomic E-state index is 0.0688. The first kappa shape index (κ1) is 14.2. The minimum atomic E-state index is -0.230. The van der Waals surface area contributed by atoms with Crippen molar-refractivity contribution >= 4 is 15.9 Å². The van der Waals surface area contributed by atoms with Crippen molar-refractivity contribution in [1.29, 1.82) is 0 Å². The lowest BCUT2D eigenvalue weighted by molar-refractivity contribution is 0.538. The summed E-state index contributed by atoms with van der Waals surface area (Å²) in [4.78, 5) is 0. The van der Waals surface area contributed by atoms with Crippen LogP contribution in [0.1, 0.15) is 24.1 Å². The predicted molar refractivity (Wildman–Crippen MR) is 77.4 cm³/mol. The molecular formula is C14H17BrFN3. The second-order valence-electron chi connectivity index (χ2n) is 4.48. The van der Waals surface area contributed by atoms with Gasteiger partial charge in [-0.05, 0) is 46.1 Å². The van der Waals surface area contributed by atoms with Crippen molar-refractivity contribution < 1.29 is 4.39 Å². The summed E-state index contributed by atoms with van der Waals surface area (Å²) < 4.78 is 15.9. The number of benzene rings is 1. The van der Waals surface area contributed by atoms with Crippen LogP contribution in [-0.2, 0) is 13.5 Å². The van der Waals surface area contributed by atoms with Crippen LogP contribution in [-0.4, -0.2) is 16.3 Å². The number of hydrogen-bond donors (Lipinski definition) is 1. The first-order valence-electron chi connectivity index (χ1n) is 6.26. The van der Waals surface area contributed by atoms with E-state index in [0.717, 1.165) is 24.1 Å². The third-order valence-electron chi connectivity index (χ3n) is 3.01. The van der Waals surface area contributed by atoms with E-state index in [0.29, 0.717) is 4.47 Å². The fraction of sp³-hybridized carbons (Fsp3) is 0.357. The molecule has 2 rings (SSSR count). The first-order valence-corrected chi connectivity index (χ1v) is 7.06. The fourth-order valence-corrected chi connectivity index (χ4v) is 2.68. The number of hydrogen-bond acceptors (Lipinski definition) is 2. The first-order chi connectivity index (χ1) is 9.11. The lowest BCUT2D eigenvalue weighted by Gasteiger charge is -2.19. The van der Waals surface area contributed by atoms with E-state index >= 15 is 0 Å². The lowest BCUT2D eigenvalue weighted by atomic mass is 10.0. The van der Waals surface area contributed by atoms with E-state index in [2.05, 4.69) is 26.3 Å². The van der Waals surface area contributed by atoms with E-state index in [9.17, 15) is 4.39 Å². The molecule has 1 unspecified atom stereocenters. The lowest BCUT2D eigenvalue weighted by Crippen LogP contribution is -2.23. The molecular weight excluding hydrogens is 309 g/mol. The van der Waals surface area contributed by atoms with Crippen molar-refractivity contribution in [3.8, 4) is 0 Å². The zero-order valence-corrected chi connectivity index (χ0v) is 12.6. The van der Waals surface area contributed by atoms with Gasteiger partial charge in [-0.2, -0.15) is 5.10 Å². The SMILES string of the molecule is CCNC(Cc1cnn(C)c1)c1cccc(F)c1Br. The summed E-state index contributed by atoms with van der Waals surface area (Å²) in [6.07, 6.45) is 4.61. The fourth-order valence-electron chi connectivity index (χ4n) is 2.14. The molecule has 1 N–H and O–H groups in total. The number of aryl methyl sites for hydroxylation is 1. The minimum Gasteiger partial charge on any atom is -0.310 e. The van der Waals surface area contributed by atoms with Gasteiger partial charge in [0, 0.05) is 19.3 Å². The van der Waals surface area contributed by atoms with Gasteiger partial charge in [0.05, 0.1) is 10.7 Å². The van der Waals surface area contributed by atoms with Crippen LogP contribution in [0.15, 0.2) is 35.1 Å². The topological polar surface area (TPSA) is 29.9 Å². The molecule has 0 spiro atoms. The van der Waals surface area contributed by atoms with Gasteiger partial charge >= 0.3 is 0 Å². The smallest absolute Gasteiger partial charge is 0.137 e. The number of nitrogens with zero attached hydrogens (tertiary/aromatic N) is 2. The third kappa shape index (κ3) is 3.42. The summed E-state index contributed by atoms with van der Waals surface area (Å²) in [7, 11) is 1.89. The van der Waals surface area contributed by atoms with E-state index in [-0.39, 0.29) is 11.9 Å². The predicted octanol–water partition coefficient (Wildman–Crippen LogP) is 3.22. The summed E-state index contributed by atoms with van der Waals surface area (Å²) in [6.45, 7) is 2.87. The van der Waals surface area contributed by atoms with Gasteiger partial charge in [-0.1, -0.05) is 19.1 Å². The molecule has 2 aromatic rings. The van der Waals surface area contributed by atoms with Crippen LogP contribution in [0.2, 0.25) is 0 Å². The molecule has 0 saturated carbocycles. The van der Waals surface area contributed by atoms with Crippen LogP contribution in [0.3, 0.4) is 0 Å². The van der Waals surface area contributed by atoms with Crippen LogP contribution in [0.25, 0.3) is 0 Å². The van der Waals surface area contributed by atoms with Crippen LogP contribution in [0.5, 0.6) is 0 Å². The summed E-state index contributed by atoms with van der Waals surface area (Å²) >= 11 is 3.33. The molecule has 0 fully saturated rings. The molecule has 102 valence electrons. The summed E-state index contributed by atoms with van der Waals surface area (Å²) in [5, 5.41) is 7.56. The van der Waals surface area contributed by atoms with Crippen LogP contribution in [0.4, 0.5) is 4.39 Å². The summed E-state index contributed by atoms with van der Waals surface area (Å²) in [5.41, 5.74) is 2.07. The van der Waals surface area contributed by atoms with Crippen molar-refractivity contribution in [3.05, 3.63) is 52.0 Å². The quantitative estimate of drug-likeness (QED) is 0.914. The number of nitrogens with one attached hydrogen (secondary N) is 1. The molecule has 1 heterocycles.